The van der Waals surface area contributed by atoms with E-state index in [-0.39, 0.29) is 12.5 Å². The zero-order valence-electron chi connectivity index (χ0n) is 6.56. The van der Waals surface area contributed by atoms with Crippen molar-refractivity contribution in [2.45, 2.75) is 13.0 Å². The molecule has 0 saturated heterocycles. The molecule has 66 valence electrons. The number of hydrogen-bond donors (Lipinski definition) is 1. The van der Waals surface area contributed by atoms with E-state index in [4.69, 9.17) is 4.42 Å². The van der Waals surface area contributed by atoms with E-state index >= 15 is 0 Å². The second kappa shape index (κ2) is 3.87. The van der Waals surface area contributed by atoms with Crippen LogP contribution in [-0.2, 0) is 9.53 Å². The average Bonchev–Trinajstić information content (AvgIpc) is 2.55. The van der Waals surface area contributed by atoms with Crippen LogP contribution in [-0.4, -0.2) is 22.7 Å². The van der Waals surface area contributed by atoms with Gasteiger partial charge in [-0.15, -0.1) is 0 Å². The van der Waals surface area contributed by atoms with Gasteiger partial charge in [-0.3, -0.25) is 0 Å². The van der Waals surface area contributed by atoms with Gasteiger partial charge in [-0.25, -0.2) is 9.78 Å². The Bertz CT molecular complexity index is 244. The van der Waals surface area contributed by atoms with Crippen molar-refractivity contribution < 1.29 is 19.1 Å². The zero-order valence-corrected chi connectivity index (χ0v) is 6.56. The van der Waals surface area contributed by atoms with Crippen LogP contribution >= 0.6 is 0 Å². The fourth-order valence-electron chi connectivity index (χ4n) is 0.692. The Morgan fingerprint density at radius 2 is 2.67 bits per heavy atom. The monoisotopic (exact) mass is 171 g/mol. The SMILES string of the molecule is CCOC(=O)C(O)c1ncco1. The van der Waals surface area contributed by atoms with Crippen LogP contribution in [0, 0.1) is 0 Å². The minimum atomic E-state index is -1.42. The highest BCUT2D eigenvalue weighted by Crippen LogP contribution is 2.10. The van der Waals surface area contributed by atoms with Crippen molar-refractivity contribution >= 4 is 5.97 Å². The van der Waals surface area contributed by atoms with Crippen molar-refractivity contribution in [3.05, 3.63) is 18.4 Å². The quantitative estimate of drug-likeness (QED) is 0.661. The molecule has 5 heteroatoms. The van der Waals surface area contributed by atoms with Gasteiger partial charge in [-0.2, -0.15) is 0 Å². The molecule has 0 saturated carbocycles. The van der Waals surface area contributed by atoms with Crippen LogP contribution in [0.3, 0.4) is 0 Å². The Balaban J connectivity index is 2.59. The third kappa shape index (κ3) is 1.82. The molecule has 0 radical (unpaired) electrons. The van der Waals surface area contributed by atoms with Crippen LogP contribution in [0.15, 0.2) is 16.9 Å². The molecule has 1 unspecified atom stereocenters. The molecule has 0 fully saturated rings. The highest BCUT2D eigenvalue weighted by molar-refractivity contribution is 5.74. The lowest BCUT2D eigenvalue weighted by atomic mass is 10.4. The normalized spacial score (nSPS) is 12.5. The number of aliphatic hydroxyl groups is 1. The maximum Gasteiger partial charge on any atom is 0.344 e. The molecule has 0 bridgehead atoms. The fraction of sp³-hybridized carbons (Fsp3) is 0.429. The van der Waals surface area contributed by atoms with Crippen molar-refractivity contribution in [3.8, 4) is 0 Å². The summed E-state index contributed by atoms with van der Waals surface area (Å²) in [5.74, 6) is -0.798. The Hall–Kier alpha value is -1.36. The van der Waals surface area contributed by atoms with Crippen molar-refractivity contribution in [1.29, 1.82) is 0 Å². The molecule has 0 aliphatic heterocycles. The Labute approximate surface area is 69.0 Å². The standard InChI is InChI=1S/C7H9NO4/c1-2-11-7(10)5(9)6-8-3-4-12-6/h3-5,9H,2H2,1H3. The summed E-state index contributed by atoms with van der Waals surface area (Å²) in [6.07, 6.45) is 1.20. The van der Waals surface area contributed by atoms with Gasteiger partial charge in [-0.1, -0.05) is 0 Å². The van der Waals surface area contributed by atoms with Crippen LogP contribution in [0.25, 0.3) is 0 Å². The van der Waals surface area contributed by atoms with Gasteiger partial charge in [0.25, 0.3) is 0 Å². The summed E-state index contributed by atoms with van der Waals surface area (Å²) in [6.45, 7) is 1.87. The third-order valence-corrected chi connectivity index (χ3v) is 1.20. The molecule has 0 aliphatic rings. The molecule has 5 nitrogen and oxygen atoms in total. The molecule has 0 amide bonds. The first-order chi connectivity index (χ1) is 5.75. The van der Waals surface area contributed by atoms with Crippen molar-refractivity contribution in [1.82, 2.24) is 4.98 Å². The van der Waals surface area contributed by atoms with Crippen LogP contribution < -0.4 is 0 Å². The zero-order chi connectivity index (χ0) is 8.97. The number of carbonyl (C=O) groups excluding carboxylic acids is 1. The summed E-state index contributed by atoms with van der Waals surface area (Å²) in [5, 5.41) is 9.18. The lowest BCUT2D eigenvalue weighted by Gasteiger charge is -2.04. The highest BCUT2D eigenvalue weighted by atomic mass is 16.5. The Kier molecular flexibility index (Phi) is 2.82. The molecule has 0 aliphatic carbocycles. The smallest absolute Gasteiger partial charge is 0.344 e. The van der Waals surface area contributed by atoms with Gasteiger partial charge in [-0.05, 0) is 6.92 Å². The van der Waals surface area contributed by atoms with E-state index in [1.54, 1.807) is 6.92 Å². The summed E-state index contributed by atoms with van der Waals surface area (Å²) >= 11 is 0. The number of oxazole rings is 1. The maximum absolute atomic E-state index is 10.9. The number of nitrogens with zero attached hydrogens (tertiary/aromatic N) is 1. The number of aliphatic hydroxyl groups excluding tert-OH is 1. The molecule has 0 aromatic carbocycles. The van der Waals surface area contributed by atoms with Crippen LogP contribution in [0.4, 0.5) is 0 Å². The molecule has 1 rings (SSSR count). The van der Waals surface area contributed by atoms with Crippen LogP contribution in [0.2, 0.25) is 0 Å². The lowest BCUT2D eigenvalue weighted by Crippen LogP contribution is -2.15. The van der Waals surface area contributed by atoms with E-state index < -0.39 is 12.1 Å². The van der Waals surface area contributed by atoms with Gasteiger partial charge >= 0.3 is 5.97 Å². The van der Waals surface area contributed by atoms with E-state index in [2.05, 4.69) is 9.72 Å². The molecule has 1 aromatic heterocycles. The van der Waals surface area contributed by atoms with E-state index in [0.29, 0.717) is 0 Å². The summed E-state index contributed by atoms with van der Waals surface area (Å²) in [4.78, 5) is 14.5. The highest BCUT2D eigenvalue weighted by Gasteiger charge is 2.22. The maximum atomic E-state index is 10.9. The summed E-state index contributed by atoms with van der Waals surface area (Å²) in [5.41, 5.74) is 0. The first kappa shape index (κ1) is 8.73. The van der Waals surface area contributed by atoms with Crippen LogP contribution in [0.5, 0.6) is 0 Å². The van der Waals surface area contributed by atoms with Gasteiger partial charge in [0.05, 0.1) is 12.8 Å². The van der Waals surface area contributed by atoms with E-state index in [9.17, 15) is 9.90 Å². The van der Waals surface area contributed by atoms with Crippen molar-refractivity contribution in [3.63, 3.8) is 0 Å². The van der Waals surface area contributed by atoms with E-state index in [1.165, 1.54) is 12.5 Å². The molecule has 1 N–H and O–H groups in total. The van der Waals surface area contributed by atoms with Crippen molar-refractivity contribution in [2.24, 2.45) is 0 Å². The predicted molar refractivity (Wildman–Crippen MR) is 38.1 cm³/mol. The minimum Gasteiger partial charge on any atom is -0.464 e. The topological polar surface area (TPSA) is 72.6 Å². The van der Waals surface area contributed by atoms with Crippen LogP contribution in [0.1, 0.15) is 18.9 Å². The van der Waals surface area contributed by atoms with Gasteiger partial charge in [0.1, 0.15) is 6.26 Å². The molecular formula is C7H9NO4. The van der Waals surface area contributed by atoms with Gasteiger partial charge in [0.2, 0.25) is 12.0 Å². The predicted octanol–water partition coefficient (Wildman–Crippen LogP) is 0.271. The molecular weight excluding hydrogens is 162 g/mol. The summed E-state index contributed by atoms with van der Waals surface area (Å²) in [6, 6.07) is 0. The molecule has 0 spiro atoms. The minimum absolute atomic E-state index is 0.0477. The van der Waals surface area contributed by atoms with Gasteiger partial charge in [0.15, 0.2) is 0 Å². The molecule has 1 heterocycles. The Morgan fingerprint density at radius 3 is 3.17 bits per heavy atom. The number of hydrogen-bond acceptors (Lipinski definition) is 5. The van der Waals surface area contributed by atoms with Crippen molar-refractivity contribution in [2.75, 3.05) is 6.61 Å². The third-order valence-electron chi connectivity index (χ3n) is 1.20. The number of carbonyl (C=O) groups is 1. The molecule has 12 heavy (non-hydrogen) atoms. The average molecular weight is 171 g/mol. The second-order valence-electron chi connectivity index (χ2n) is 2.02. The van der Waals surface area contributed by atoms with Gasteiger partial charge < -0.3 is 14.3 Å². The number of esters is 1. The number of aromatic nitrogens is 1. The molecule has 1 atom stereocenters. The second-order valence-corrected chi connectivity index (χ2v) is 2.02. The Morgan fingerprint density at radius 1 is 1.92 bits per heavy atom. The lowest BCUT2D eigenvalue weighted by molar-refractivity contribution is -0.154. The molecule has 1 aromatic rings. The van der Waals surface area contributed by atoms with E-state index in [1.807, 2.05) is 0 Å². The van der Waals surface area contributed by atoms with E-state index in [0.717, 1.165) is 0 Å². The van der Waals surface area contributed by atoms with Gasteiger partial charge in [0, 0.05) is 0 Å². The first-order valence-corrected chi connectivity index (χ1v) is 3.49. The summed E-state index contributed by atoms with van der Waals surface area (Å²) in [7, 11) is 0. The fourth-order valence-corrected chi connectivity index (χ4v) is 0.692. The number of rotatable bonds is 3. The first-order valence-electron chi connectivity index (χ1n) is 3.49. The summed E-state index contributed by atoms with van der Waals surface area (Å²) < 4.78 is 9.24. The largest absolute Gasteiger partial charge is 0.464 e. The number of ether oxygens (including phenoxy) is 1.